The third-order valence-corrected chi connectivity index (χ3v) is 6.28. The second kappa shape index (κ2) is 6.10. The predicted octanol–water partition coefficient (Wildman–Crippen LogP) is 0.315. The van der Waals surface area contributed by atoms with E-state index in [1.54, 1.807) is 24.1 Å². The van der Waals surface area contributed by atoms with Gasteiger partial charge < -0.3 is 14.4 Å². The summed E-state index contributed by atoms with van der Waals surface area (Å²) in [6.07, 6.45) is 0.643. The Bertz CT molecular complexity index is 688. The lowest BCUT2D eigenvalue weighted by Gasteiger charge is -2.36. The summed E-state index contributed by atoms with van der Waals surface area (Å²) in [5.74, 6) is 0.418. The van der Waals surface area contributed by atoms with E-state index in [1.165, 1.54) is 23.5 Å². The fourth-order valence-corrected chi connectivity index (χ4v) is 4.57. The molecule has 7 nitrogen and oxygen atoms in total. The van der Waals surface area contributed by atoms with Gasteiger partial charge in [0.05, 0.1) is 24.7 Å². The number of nitrogens with zero attached hydrogens (tertiary/aromatic N) is 2. The molecule has 0 saturated carbocycles. The molecule has 2 atom stereocenters. The molecule has 3 rings (SSSR count). The van der Waals surface area contributed by atoms with Crippen LogP contribution in [-0.2, 0) is 19.6 Å². The number of ether oxygens (including phenoxy) is 2. The lowest BCUT2D eigenvalue weighted by molar-refractivity contribution is -0.135. The van der Waals surface area contributed by atoms with Crippen LogP contribution < -0.4 is 4.74 Å². The van der Waals surface area contributed by atoms with E-state index in [0.717, 1.165) is 0 Å². The van der Waals surface area contributed by atoms with Gasteiger partial charge in [-0.25, -0.2) is 8.42 Å². The number of hydrogen-bond donors (Lipinski definition) is 0. The van der Waals surface area contributed by atoms with Gasteiger partial charge in [-0.3, -0.25) is 4.79 Å². The molecule has 2 aliphatic rings. The van der Waals surface area contributed by atoms with Crippen molar-refractivity contribution in [3.63, 3.8) is 0 Å². The maximum atomic E-state index is 12.8. The molecule has 0 unspecified atom stereocenters. The zero-order chi connectivity index (χ0) is 16.6. The summed E-state index contributed by atoms with van der Waals surface area (Å²) in [4.78, 5) is 14.2. The molecule has 0 spiro atoms. The van der Waals surface area contributed by atoms with Gasteiger partial charge in [-0.2, -0.15) is 4.31 Å². The van der Waals surface area contributed by atoms with Crippen LogP contribution in [0, 0.1) is 0 Å². The van der Waals surface area contributed by atoms with Crippen LogP contribution in [0.4, 0.5) is 0 Å². The van der Waals surface area contributed by atoms with E-state index in [4.69, 9.17) is 9.47 Å². The van der Waals surface area contributed by atoms with E-state index >= 15 is 0 Å². The third-order valence-electron chi connectivity index (χ3n) is 4.45. The normalized spacial score (nSPS) is 25.5. The van der Waals surface area contributed by atoms with E-state index in [2.05, 4.69) is 0 Å². The maximum absolute atomic E-state index is 12.8. The molecule has 0 N–H and O–H groups in total. The standard InChI is InChI=1S/C15H20N2O5S/c1-21-12-3-5-14(6-4-12)23(19,20)16-8-11-7-13(22-2)9-17(11)15(18)10-16/h3-6,11,13H,7-10H2,1-2H3/t11-,13-/m0/s1. The smallest absolute Gasteiger partial charge is 0.243 e. The lowest BCUT2D eigenvalue weighted by atomic mass is 10.2. The van der Waals surface area contributed by atoms with Crippen LogP contribution in [0.3, 0.4) is 0 Å². The quantitative estimate of drug-likeness (QED) is 0.789. The van der Waals surface area contributed by atoms with Crippen molar-refractivity contribution >= 4 is 15.9 Å². The van der Waals surface area contributed by atoms with Crippen molar-refractivity contribution in [2.24, 2.45) is 0 Å². The highest BCUT2D eigenvalue weighted by Crippen LogP contribution is 2.28. The Morgan fingerprint density at radius 1 is 1.13 bits per heavy atom. The number of rotatable bonds is 4. The molecular weight excluding hydrogens is 320 g/mol. The Hall–Kier alpha value is -1.64. The molecule has 0 radical (unpaired) electrons. The minimum Gasteiger partial charge on any atom is -0.497 e. The topological polar surface area (TPSA) is 76.2 Å². The van der Waals surface area contributed by atoms with Gasteiger partial charge in [0.2, 0.25) is 15.9 Å². The molecule has 1 aromatic carbocycles. The number of hydrogen-bond acceptors (Lipinski definition) is 5. The number of fused-ring (bicyclic) bond motifs is 1. The van der Waals surface area contributed by atoms with Crippen LogP contribution in [-0.4, -0.2) is 69.5 Å². The Labute approximate surface area is 135 Å². The highest BCUT2D eigenvalue weighted by molar-refractivity contribution is 7.89. The fraction of sp³-hybridized carbons (Fsp3) is 0.533. The zero-order valence-corrected chi connectivity index (χ0v) is 14.0. The second-order valence-electron chi connectivity index (χ2n) is 5.77. The van der Waals surface area contributed by atoms with Gasteiger partial charge in [-0.15, -0.1) is 0 Å². The summed E-state index contributed by atoms with van der Waals surface area (Å²) in [5.41, 5.74) is 0. The minimum atomic E-state index is -3.69. The van der Waals surface area contributed by atoms with Gasteiger partial charge in [0.15, 0.2) is 0 Å². The molecular formula is C15H20N2O5S. The zero-order valence-electron chi connectivity index (χ0n) is 13.1. The molecule has 0 aromatic heterocycles. The van der Waals surface area contributed by atoms with Gasteiger partial charge in [-0.1, -0.05) is 0 Å². The molecule has 0 aliphatic carbocycles. The summed E-state index contributed by atoms with van der Waals surface area (Å²) < 4.78 is 37.1. The number of methoxy groups -OCH3 is 2. The van der Waals surface area contributed by atoms with Crippen molar-refractivity contribution in [1.82, 2.24) is 9.21 Å². The van der Waals surface area contributed by atoms with Crippen LogP contribution in [0.15, 0.2) is 29.2 Å². The van der Waals surface area contributed by atoms with Crippen LogP contribution in [0.5, 0.6) is 5.75 Å². The van der Waals surface area contributed by atoms with E-state index in [0.29, 0.717) is 25.3 Å². The van der Waals surface area contributed by atoms with Gasteiger partial charge in [0.25, 0.3) is 0 Å². The molecule has 1 aromatic rings. The van der Waals surface area contributed by atoms with E-state index < -0.39 is 10.0 Å². The molecule has 2 fully saturated rings. The van der Waals surface area contributed by atoms with Crippen molar-refractivity contribution in [2.45, 2.75) is 23.5 Å². The molecule has 0 bridgehead atoms. The molecule has 2 saturated heterocycles. The van der Waals surface area contributed by atoms with Crippen LogP contribution in [0.2, 0.25) is 0 Å². The molecule has 8 heteroatoms. The average molecular weight is 340 g/mol. The first-order valence-electron chi connectivity index (χ1n) is 7.42. The van der Waals surface area contributed by atoms with Crippen molar-refractivity contribution in [1.29, 1.82) is 0 Å². The lowest BCUT2D eigenvalue weighted by Crippen LogP contribution is -2.55. The van der Waals surface area contributed by atoms with E-state index in [-0.39, 0.29) is 29.5 Å². The molecule has 2 aliphatic heterocycles. The van der Waals surface area contributed by atoms with Crippen molar-refractivity contribution in [2.75, 3.05) is 33.9 Å². The van der Waals surface area contributed by atoms with Crippen LogP contribution in [0.25, 0.3) is 0 Å². The largest absolute Gasteiger partial charge is 0.497 e. The summed E-state index contributed by atoms with van der Waals surface area (Å²) in [7, 11) is -0.561. The third kappa shape index (κ3) is 2.93. The Morgan fingerprint density at radius 2 is 1.83 bits per heavy atom. The second-order valence-corrected chi connectivity index (χ2v) is 7.70. The number of amides is 1. The Kier molecular flexibility index (Phi) is 4.31. The minimum absolute atomic E-state index is 0.0207. The maximum Gasteiger partial charge on any atom is 0.243 e. The fourth-order valence-electron chi connectivity index (χ4n) is 3.14. The molecule has 2 heterocycles. The van der Waals surface area contributed by atoms with Gasteiger partial charge in [0.1, 0.15) is 5.75 Å². The van der Waals surface area contributed by atoms with Crippen molar-refractivity contribution in [3.8, 4) is 5.75 Å². The van der Waals surface area contributed by atoms with Gasteiger partial charge in [0, 0.05) is 26.2 Å². The monoisotopic (exact) mass is 340 g/mol. The summed E-state index contributed by atoms with van der Waals surface area (Å²) >= 11 is 0. The molecule has 23 heavy (non-hydrogen) atoms. The van der Waals surface area contributed by atoms with Crippen molar-refractivity contribution < 1.29 is 22.7 Å². The number of sulfonamides is 1. The summed E-state index contributed by atoms with van der Waals surface area (Å²) in [6, 6.07) is 6.08. The van der Waals surface area contributed by atoms with E-state index in [9.17, 15) is 13.2 Å². The first-order valence-corrected chi connectivity index (χ1v) is 8.86. The number of piperazine rings is 1. The predicted molar refractivity (Wildman–Crippen MR) is 82.7 cm³/mol. The number of carbonyl (C=O) groups excluding carboxylic acids is 1. The highest BCUT2D eigenvalue weighted by Gasteiger charge is 2.43. The number of carbonyl (C=O) groups is 1. The van der Waals surface area contributed by atoms with Gasteiger partial charge >= 0.3 is 0 Å². The summed E-state index contributed by atoms with van der Waals surface area (Å²) in [6.45, 7) is 0.720. The summed E-state index contributed by atoms with van der Waals surface area (Å²) in [5, 5.41) is 0. The Balaban J connectivity index is 1.82. The highest BCUT2D eigenvalue weighted by atomic mass is 32.2. The van der Waals surface area contributed by atoms with E-state index in [1.807, 2.05) is 0 Å². The molecule has 126 valence electrons. The number of benzene rings is 1. The first-order chi connectivity index (χ1) is 11.0. The average Bonchev–Trinajstić information content (AvgIpc) is 2.99. The Morgan fingerprint density at radius 3 is 2.43 bits per heavy atom. The molecule has 1 amide bonds. The first kappa shape index (κ1) is 16.2. The SMILES string of the molecule is COc1ccc(S(=O)(=O)N2CC(=O)N3C[C@@H](OC)C[C@H]3C2)cc1. The van der Waals surface area contributed by atoms with Crippen molar-refractivity contribution in [3.05, 3.63) is 24.3 Å². The van der Waals surface area contributed by atoms with Crippen LogP contribution >= 0.6 is 0 Å². The van der Waals surface area contributed by atoms with Gasteiger partial charge in [-0.05, 0) is 30.7 Å². The van der Waals surface area contributed by atoms with Crippen LogP contribution in [0.1, 0.15) is 6.42 Å².